The lowest BCUT2D eigenvalue weighted by atomic mass is 10.1. The molecule has 0 unspecified atom stereocenters. The summed E-state index contributed by atoms with van der Waals surface area (Å²) < 4.78 is 34.0. The standard InChI is InChI=1S/C35H69N3O11S3/c1-33(2,3)47-30(41)36-13-22-50-19-10-16-44-27(25-39)29(46-18-12-21-52-24-15-38-32(43)49-35(7,8)9)28(26-40)45-17-11-20-51-23-14-37-31(42)48-34(4,5)6/h27-29,39-40H,10-26H2,1-9H3,(H,36,41)(H,37,42)(H,38,43)/t27-,28-/m0/s1. The maximum absolute atomic E-state index is 11.8. The van der Waals surface area contributed by atoms with Crippen molar-refractivity contribution in [3.63, 3.8) is 0 Å². The number of ether oxygens (including phenoxy) is 6. The maximum atomic E-state index is 11.8. The summed E-state index contributed by atoms with van der Waals surface area (Å²) in [6.07, 6.45) is -1.24. The summed E-state index contributed by atoms with van der Waals surface area (Å²) in [5.41, 5.74) is -1.62. The second-order valence-corrected chi connectivity index (χ2v) is 18.4. The van der Waals surface area contributed by atoms with Gasteiger partial charge in [0, 0.05) is 56.7 Å². The van der Waals surface area contributed by atoms with Gasteiger partial charge in [-0.15, -0.1) is 0 Å². The third-order valence-electron chi connectivity index (χ3n) is 6.11. The van der Waals surface area contributed by atoms with Crippen molar-refractivity contribution in [2.24, 2.45) is 0 Å². The van der Waals surface area contributed by atoms with E-state index in [4.69, 9.17) is 28.4 Å². The van der Waals surface area contributed by atoms with Crippen LogP contribution in [0.15, 0.2) is 0 Å². The number of carbonyl (C=O) groups excluding carboxylic acids is 3. The zero-order chi connectivity index (χ0) is 39.5. The minimum absolute atomic E-state index is 0.303. The third kappa shape index (κ3) is 32.1. The fourth-order valence-corrected chi connectivity index (χ4v) is 6.37. The first-order chi connectivity index (χ1) is 24.4. The fourth-order valence-electron chi connectivity index (χ4n) is 4.05. The highest BCUT2D eigenvalue weighted by molar-refractivity contribution is 7.99. The van der Waals surface area contributed by atoms with Gasteiger partial charge in [0.05, 0.1) is 13.2 Å². The quantitative estimate of drug-likeness (QED) is 0.0522. The molecule has 0 bridgehead atoms. The molecule has 14 nitrogen and oxygen atoms in total. The van der Waals surface area contributed by atoms with Crippen molar-refractivity contribution in [3.05, 3.63) is 0 Å². The van der Waals surface area contributed by atoms with Crippen LogP contribution in [0.2, 0.25) is 0 Å². The number of hydrogen-bond donors (Lipinski definition) is 5. The van der Waals surface area contributed by atoms with Crippen LogP contribution >= 0.6 is 35.3 Å². The van der Waals surface area contributed by atoms with Crippen LogP contribution in [0.3, 0.4) is 0 Å². The molecule has 0 heterocycles. The molecule has 308 valence electrons. The number of amides is 3. The number of alkyl carbamates (subject to hydrolysis) is 3. The summed E-state index contributed by atoms with van der Waals surface area (Å²) in [5, 5.41) is 28.8. The number of nitrogens with one attached hydrogen (secondary N) is 3. The highest BCUT2D eigenvalue weighted by Crippen LogP contribution is 2.16. The van der Waals surface area contributed by atoms with Crippen LogP contribution in [0.25, 0.3) is 0 Å². The molecule has 0 spiro atoms. The van der Waals surface area contributed by atoms with Crippen molar-refractivity contribution >= 4 is 53.6 Å². The van der Waals surface area contributed by atoms with Gasteiger partial charge in [-0.25, -0.2) is 14.4 Å². The number of thioether (sulfide) groups is 3. The lowest BCUT2D eigenvalue weighted by Crippen LogP contribution is -2.47. The van der Waals surface area contributed by atoms with Gasteiger partial charge >= 0.3 is 18.3 Å². The summed E-state index contributed by atoms with van der Waals surface area (Å²) in [4.78, 5) is 35.4. The molecule has 0 radical (unpaired) electrons. The number of aliphatic hydroxyl groups excluding tert-OH is 2. The molecule has 17 heteroatoms. The summed E-state index contributed by atoms with van der Waals surface area (Å²) in [6.45, 7) is 18.4. The Labute approximate surface area is 325 Å². The number of aliphatic hydroxyl groups is 2. The van der Waals surface area contributed by atoms with E-state index in [1.54, 1.807) is 35.3 Å². The van der Waals surface area contributed by atoms with Gasteiger partial charge in [-0.1, -0.05) is 0 Å². The molecule has 3 amide bonds. The highest BCUT2D eigenvalue weighted by atomic mass is 32.2. The van der Waals surface area contributed by atoms with Crippen molar-refractivity contribution < 1.29 is 53.0 Å². The number of hydrogen-bond acceptors (Lipinski definition) is 14. The van der Waals surface area contributed by atoms with E-state index in [0.717, 1.165) is 47.4 Å². The van der Waals surface area contributed by atoms with Crippen LogP contribution in [0.5, 0.6) is 0 Å². The fraction of sp³-hybridized carbons (Fsp3) is 0.914. The Morgan fingerprint density at radius 3 is 1.06 bits per heavy atom. The van der Waals surface area contributed by atoms with Crippen molar-refractivity contribution in [1.29, 1.82) is 0 Å². The zero-order valence-corrected chi connectivity index (χ0v) is 35.5. The van der Waals surface area contributed by atoms with E-state index in [9.17, 15) is 24.6 Å². The molecule has 52 heavy (non-hydrogen) atoms. The van der Waals surface area contributed by atoms with Crippen molar-refractivity contribution in [2.45, 2.75) is 117 Å². The Morgan fingerprint density at radius 2 is 0.788 bits per heavy atom. The van der Waals surface area contributed by atoms with Gasteiger partial charge in [0.15, 0.2) is 0 Å². The molecule has 0 aliphatic carbocycles. The smallest absolute Gasteiger partial charge is 0.407 e. The van der Waals surface area contributed by atoms with Crippen LogP contribution in [-0.4, -0.2) is 151 Å². The van der Waals surface area contributed by atoms with E-state index in [1.807, 2.05) is 62.3 Å². The predicted octanol–water partition coefficient (Wildman–Crippen LogP) is 5.07. The van der Waals surface area contributed by atoms with E-state index in [0.29, 0.717) is 45.9 Å². The summed E-state index contributed by atoms with van der Waals surface area (Å²) in [6, 6.07) is 0. The van der Waals surface area contributed by atoms with Gasteiger partial charge in [0.25, 0.3) is 0 Å². The molecule has 0 aromatic carbocycles. The molecule has 0 saturated carbocycles. The van der Waals surface area contributed by atoms with E-state index >= 15 is 0 Å². The molecule has 5 N–H and O–H groups in total. The molecule has 0 aromatic heterocycles. The molecule has 0 saturated heterocycles. The molecule has 0 aliphatic heterocycles. The van der Waals surface area contributed by atoms with Gasteiger partial charge in [0.2, 0.25) is 0 Å². The molecular weight excluding hydrogens is 735 g/mol. The SMILES string of the molecule is CC(C)(C)OC(=O)NCCSCCCOC([C@H](CO)OCCCSCCNC(=O)OC(C)(C)C)[C@H](CO)OCCCSCCNC(=O)OC(C)(C)C. The van der Waals surface area contributed by atoms with Gasteiger partial charge in [-0.05, 0) is 98.8 Å². The largest absolute Gasteiger partial charge is 0.444 e. The van der Waals surface area contributed by atoms with E-state index in [1.165, 1.54) is 0 Å². The first-order valence-corrected chi connectivity index (χ1v) is 21.5. The van der Waals surface area contributed by atoms with Gasteiger partial charge in [0.1, 0.15) is 35.1 Å². The van der Waals surface area contributed by atoms with Crippen LogP contribution in [0, 0.1) is 0 Å². The second kappa shape index (κ2) is 29.0. The maximum Gasteiger partial charge on any atom is 0.407 e. The van der Waals surface area contributed by atoms with Crippen LogP contribution in [-0.2, 0) is 28.4 Å². The molecule has 0 fully saturated rings. The lowest BCUT2D eigenvalue weighted by molar-refractivity contribution is -0.159. The predicted molar refractivity (Wildman–Crippen MR) is 212 cm³/mol. The normalized spacial score (nSPS) is 13.4. The van der Waals surface area contributed by atoms with Crippen LogP contribution in [0.1, 0.15) is 81.6 Å². The van der Waals surface area contributed by atoms with Gasteiger partial charge < -0.3 is 54.6 Å². The van der Waals surface area contributed by atoms with Crippen molar-refractivity contribution in [3.8, 4) is 0 Å². The Kier molecular flexibility index (Phi) is 28.3. The van der Waals surface area contributed by atoms with E-state index in [-0.39, 0.29) is 13.2 Å². The first-order valence-electron chi connectivity index (χ1n) is 18.1. The molecular formula is C35H69N3O11S3. The highest BCUT2D eigenvalue weighted by Gasteiger charge is 2.31. The summed E-state index contributed by atoms with van der Waals surface area (Å²) >= 11 is 5.02. The van der Waals surface area contributed by atoms with Crippen molar-refractivity contribution in [1.82, 2.24) is 16.0 Å². The number of rotatable bonds is 28. The summed E-state index contributed by atoms with van der Waals surface area (Å²) in [7, 11) is 0. The minimum atomic E-state index is -0.699. The lowest BCUT2D eigenvalue weighted by Gasteiger charge is -2.32. The molecule has 0 aromatic rings. The Morgan fingerprint density at radius 1 is 0.500 bits per heavy atom. The first kappa shape index (κ1) is 50.7. The average Bonchev–Trinajstić information content (AvgIpc) is 3.01. The zero-order valence-electron chi connectivity index (χ0n) is 33.0. The molecule has 0 aliphatic rings. The third-order valence-corrected chi connectivity index (χ3v) is 9.32. The van der Waals surface area contributed by atoms with Gasteiger partial charge in [-0.3, -0.25) is 0 Å². The average molecular weight is 804 g/mol. The molecule has 2 atom stereocenters. The molecule has 0 rings (SSSR count). The van der Waals surface area contributed by atoms with E-state index < -0.39 is 53.4 Å². The Balaban J connectivity index is 4.77. The van der Waals surface area contributed by atoms with Crippen LogP contribution in [0.4, 0.5) is 14.4 Å². The van der Waals surface area contributed by atoms with Gasteiger partial charge in [-0.2, -0.15) is 35.3 Å². The minimum Gasteiger partial charge on any atom is -0.444 e. The van der Waals surface area contributed by atoms with Crippen LogP contribution < -0.4 is 16.0 Å². The second-order valence-electron chi connectivity index (χ2n) is 14.7. The number of carbonyl (C=O) groups is 3. The topological polar surface area (TPSA) is 183 Å². The van der Waals surface area contributed by atoms with E-state index in [2.05, 4.69) is 16.0 Å². The summed E-state index contributed by atoms with van der Waals surface area (Å²) in [5.74, 6) is 4.55. The van der Waals surface area contributed by atoms with Crippen molar-refractivity contribution in [2.75, 3.05) is 87.2 Å². The Bertz CT molecular complexity index is 896. The Hall–Kier alpha value is -1.34. The monoisotopic (exact) mass is 803 g/mol.